The normalized spacial score (nSPS) is 21.8. The topological polar surface area (TPSA) is 44.0 Å². The molecule has 0 spiro atoms. The largest absolute Gasteiger partial charge is 0.384 e. The van der Waals surface area contributed by atoms with Crippen LogP contribution in [0.3, 0.4) is 0 Å². The number of halogens is 1. The fraction of sp³-hybridized carbons (Fsp3) is 0.500. The number of nitriles is 1. The average molecular weight is 294 g/mol. The minimum Gasteiger partial charge on any atom is -0.384 e. The summed E-state index contributed by atoms with van der Waals surface area (Å²) in [5.74, 6) is 0. The van der Waals surface area contributed by atoms with Crippen LogP contribution in [0.4, 0.5) is 0 Å². The van der Waals surface area contributed by atoms with Gasteiger partial charge in [-0.25, -0.2) is 0 Å². The molecule has 0 aliphatic heterocycles. The highest BCUT2D eigenvalue weighted by Gasteiger charge is 2.50. The van der Waals surface area contributed by atoms with Crippen LogP contribution in [0.5, 0.6) is 0 Å². The molecule has 0 amide bonds. The molecule has 0 radical (unpaired) electrons. The Bertz CT molecular complexity index is 456. The van der Waals surface area contributed by atoms with Crippen molar-refractivity contribution in [2.75, 3.05) is 0 Å². The number of hydrogen-bond acceptors (Lipinski definition) is 2. The maximum absolute atomic E-state index is 10.8. The number of aliphatic hydroxyl groups is 1. The summed E-state index contributed by atoms with van der Waals surface area (Å²) < 4.78 is 0.932. The van der Waals surface area contributed by atoms with Crippen molar-refractivity contribution in [1.82, 2.24) is 0 Å². The lowest BCUT2D eigenvalue weighted by Crippen LogP contribution is -2.40. The van der Waals surface area contributed by atoms with E-state index in [0.29, 0.717) is 0 Å². The Hall–Kier alpha value is -0.850. The van der Waals surface area contributed by atoms with E-state index in [9.17, 15) is 10.4 Å². The molecule has 3 heteroatoms. The van der Waals surface area contributed by atoms with E-state index < -0.39 is 11.0 Å². The lowest BCUT2D eigenvalue weighted by atomic mass is 9.69. The van der Waals surface area contributed by atoms with Gasteiger partial charge in [0.1, 0.15) is 5.60 Å². The van der Waals surface area contributed by atoms with Gasteiger partial charge in [0.25, 0.3) is 0 Å². The van der Waals surface area contributed by atoms with Crippen molar-refractivity contribution in [1.29, 1.82) is 5.26 Å². The second-order valence-corrected chi connectivity index (χ2v) is 5.90. The van der Waals surface area contributed by atoms with Gasteiger partial charge in [0.2, 0.25) is 0 Å². The predicted molar refractivity (Wildman–Crippen MR) is 70.2 cm³/mol. The van der Waals surface area contributed by atoms with Gasteiger partial charge in [-0.1, -0.05) is 40.9 Å². The second-order valence-electron chi connectivity index (χ2n) is 4.98. The molecule has 1 aliphatic carbocycles. The van der Waals surface area contributed by atoms with Gasteiger partial charge in [0.05, 0.1) is 11.5 Å². The third-order valence-corrected chi connectivity index (χ3v) is 4.48. The van der Waals surface area contributed by atoms with Gasteiger partial charge >= 0.3 is 0 Å². The first-order chi connectivity index (χ1) is 8.02. The monoisotopic (exact) mass is 293 g/mol. The van der Waals surface area contributed by atoms with Crippen molar-refractivity contribution < 1.29 is 5.11 Å². The number of benzene rings is 1. The highest BCUT2D eigenvalue weighted by atomic mass is 79.9. The SMILES string of the molecule is CC(O)(c1cccc(Br)c1)C1(C#N)CCCC1. The molecule has 1 fully saturated rings. The maximum atomic E-state index is 10.8. The fourth-order valence-electron chi connectivity index (χ4n) is 2.75. The lowest BCUT2D eigenvalue weighted by molar-refractivity contribution is -0.0422. The summed E-state index contributed by atoms with van der Waals surface area (Å²) in [6.07, 6.45) is 3.61. The molecule has 1 atom stereocenters. The number of hydrogen-bond donors (Lipinski definition) is 1. The standard InChI is InChI=1S/C14H16BrNO/c1-13(17,11-5-4-6-12(15)9-11)14(10-16)7-2-3-8-14/h4-6,9,17H,2-3,7-8H2,1H3. The third-order valence-electron chi connectivity index (χ3n) is 3.99. The Morgan fingerprint density at radius 3 is 2.59 bits per heavy atom. The molecule has 0 aromatic heterocycles. The molecule has 0 heterocycles. The zero-order chi connectivity index (χ0) is 12.5. The molecule has 1 unspecified atom stereocenters. The van der Waals surface area contributed by atoms with E-state index in [1.807, 2.05) is 24.3 Å². The van der Waals surface area contributed by atoms with Crippen molar-refractivity contribution in [2.45, 2.75) is 38.2 Å². The molecule has 90 valence electrons. The Morgan fingerprint density at radius 2 is 2.06 bits per heavy atom. The van der Waals surface area contributed by atoms with Crippen LogP contribution < -0.4 is 0 Å². The molecule has 1 saturated carbocycles. The van der Waals surface area contributed by atoms with Crippen LogP contribution in [-0.4, -0.2) is 5.11 Å². The zero-order valence-corrected chi connectivity index (χ0v) is 11.5. The average Bonchev–Trinajstić information content (AvgIpc) is 2.79. The molecule has 1 aromatic rings. The van der Waals surface area contributed by atoms with Crippen LogP contribution in [-0.2, 0) is 5.60 Å². The molecule has 0 saturated heterocycles. The maximum Gasteiger partial charge on any atom is 0.105 e. The summed E-state index contributed by atoms with van der Waals surface area (Å²) in [6.45, 7) is 1.77. The smallest absolute Gasteiger partial charge is 0.105 e. The van der Waals surface area contributed by atoms with E-state index >= 15 is 0 Å². The number of rotatable bonds is 2. The molecule has 17 heavy (non-hydrogen) atoms. The Morgan fingerprint density at radius 1 is 1.41 bits per heavy atom. The van der Waals surface area contributed by atoms with Crippen molar-refractivity contribution in [3.63, 3.8) is 0 Å². The molecule has 1 N–H and O–H groups in total. The van der Waals surface area contributed by atoms with E-state index in [0.717, 1.165) is 35.7 Å². The molecule has 1 aliphatic rings. The highest BCUT2D eigenvalue weighted by Crippen LogP contribution is 2.50. The first-order valence-corrected chi connectivity index (χ1v) is 6.71. The minimum absolute atomic E-state index is 0.631. The van der Waals surface area contributed by atoms with E-state index in [1.165, 1.54) is 0 Å². The second kappa shape index (κ2) is 4.44. The Kier molecular flexibility index (Phi) is 3.29. The number of nitrogens with zero attached hydrogens (tertiary/aromatic N) is 1. The first kappa shape index (κ1) is 12.6. The van der Waals surface area contributed by atoms with Crippen LogP contribution in [0.15, 0.2) is 28.7 Å². The van der Waals surface area contributed by atoms with Crippen LogP contribution in [0.25, 0.3) is 0 Å². The van der Waals surface area contributed by atoms with Crippen molar-refractivity contribution >= 4 is 15.9 Å². The third kappa shape index (κ3) is 2.00. The quantitative estimate of drug-likeness (QED) is 0.903. The zero-order valence-electron chi connectivity index (χ0n) is 9.91. The summed E-state index contributed by atoms with van der Waals surface area (Å²) >= 11 is 3.41. The summed E-state index contributed by atoms with van der Waals surface area (Å²) in [6, 6.07) is 9.98. The summed E-state index contributed by atoms with van der Waals surface area (Å²) in [4.78, 5) is 0. The molecular formula is C14H16BrNO. The van der Waals surface area contributed by atoms with Gasteiger partial charge in [-0.3, -0.25) is 0 Å². The van der Waals surface area contributed by atoms with E-state index in [2.05, 4.69) is 22.0 Å². The fourth-order valence-corrected chi connectivity index (χ4v) is 3.15. The van der Waals surface area contributed by atoms with Gasteiger partial charge in [0.15, 0.2) is 0 Å². The van der Waals surface area contributed by atoms with E-state index in [4.69, 9.17) is 0 Å². The van der Waals surface area contributed by atoms with Crippen molar-refractivity contribution in [3.8, 4) is 6.07 Å². The summed E-state index contributed by atoms with van der Waals surface area (Å²) in [5.41, 5.74) is -0.897. The molecular weight excluding hydrogens is 278 g/mol. The van der Waals surface area contributed by atoms with Crippen LogP contribution >= 0.6 is 15.9 Å². The predicted octanol–water partition coefficient (Wildman–Crippen LogP) is 3.74. The van der Waals surface area contributed by atoms with Crippen LogP contribution in [0.2, 0.25) is 0 Å². The molecule has 2 rings (SSSR count). The molecule has 1 aromatic carbocycles. The van der Waals surface area contributed by atoms with E-state index in [-0.39, 0.29) is 0 Å². The Balaban J connectivity index is 2.45. The minimum atomic E-state index is -1.08. The van der Waals surface area contributed by atoms with Gasteiger partial charge < -0.3 is 5.11 Å². The van der Waals surface area contributed by atoms with Gasteiger partial charge in [-0.2, -0.15) is 5.26 Å². The van der Waals surface area contributed by atoms with Crippen molar-refractivity contribution in [3.05, 3.63) is 34.3 Å². The first-order valence-electron chi connectivity index (χ1n) is 5.91. The van der Waals surface area contributed by atoms with Crippen molar-refractivity contribution in [2.24, 2.45) is 5.41 Å². The molecule has 0 bridgehead atoms. The highest BCUT2D eigenvalue weighted by molar-refractivity contribution is 9.10. The summed E-state index contributed by atoms with van der Waals surface area (Å²) in [5, 5.41) is 20.3. The summed E-state index contributed by atoms with van der Waals surface area (Å²) in [7, 11) is 0. The lowest BCUT2D eigenvalue weighted by Gasteiger charge is -2.37. The van der Waals surface area contributed by atoms with Gasteiger partial charge in [0, 0.05) is 4.47 Å². The van der Waals surface area contributed by atoms with Gasteiger partial charge in [-0.15, -0.1) is 0 Å². The van der Waals surface area contributed by atoms with Crippen LogP contribution in [0.1, 0.15) is 38.2 Å². The van der Waals surface area contributed by atoms with E-state index in [1.54, 1.807) is 6.92 Å². The van der Waals surface area contributed by atoms with Gasteiger partial charge in [-0.05, 0) is 37.5 Å². The Labute approximate surface area is 110 Å². The van der Waals surface area contributed by atoms with Crippen LogP contribution in [0, 0.1) is 16.7 Å². The molecule has 2 nitrogen and oxygen atoms in total.